The van der Waals surface area contributed by atoms with Gasteiger partial charge in [0.2, 0.25) is 0 Å². The van der Waals surface area contributed by atoms with Crippen LogP contribution in [0.25, 0.3) is 0 Å². The van der Waals surface area contributed by atoms with Gasteiger partial charge in [0.25, 0.3) is 0 Å². The van der Waals surface area contributed by atoms with E-state index in [1.807, 2.05) is 0 Å². The van der Waals surface area contributed by atoms with Crippen molar-refractivity contribution >= 4 is 16.1 Å². The number of esters is 1. The number of hydrogen-bond acceptors (Lipinski definition) is 6. The summed E-state index contributed by atoms with van der Waals surface area (Å²) in [7, 11) is -5.76. The summed E-state index contributed by atoms with van der Waals surface area (Å²) in [4.78, 5) is 13.6. The molecular weight excluding hydrogens is 470 g/mol. The van der Waals surface area contributed by atoms with E-state index in [4.69, 9.17) is 9.29 Å². The minimum Gasteiger partial charge on any atom is -0.454 e. The van der Waals surface area contributed by atoms with Crippen molar-refractivity contribution in [2.45, 2.75) is 119 Å². The smallest absolute Gasteiger partial charge is 0.405 e. The lowest BCUT2D eigenvalue weighted by Crippen LogP contribution is -2.70. The van der Waals surface area contributed by atoms with E-state index >= 15 is 0 Å². The van der Waals surface area contributed by atoms with Crippen LogP contribution < -0.4 is 0 Å². The van der Waals surface area contributed by atoms with Gasteiger partial charge in [-0.15, -0.1) is 0 Å². The maximum atomic E-state index is 14.2. The lowest BCUT2D eigenvalue weighted by atomic mass is 9.34. The standard InChI is InChI=1S/C24H36F2O7S/c1-16(24(25,26)34(30,31)32)33-18(27)19-10-17-11-20(13-19,22(28)6-2-3-7-22)15-21(12-17,14-19)23(29)8-4-5-9-23/h16-17,28-29H,2-15H2,1H3,(H,30,31,32). The number of alkyl halides is 2. The molecule has 0 radical (unpaired) electrons. The number of carbonyl (C=O) groups is 1. The van der Waals surface area contributed by atoms with Gasteiger partial charge in [-0.2, -0.15) is 17.2 Å². The molecule has 3 unspecified atom stereocenters. The Morgan fingerprint density at radius 1 is 0.912 bits per heavy atom. The molecule has 4 bridgehead atoms. The summed E-state index contributed by atoms with van der Waals surface area (Å²) in [5, 5.41) is 19.1. The van der Waals surface area contributed by atoms with Crippen molar-refractivity contribution in [3.63, 3.8) is 0 Å². The maximum absolute atomic E-state index is 14.2. The fourth-order valence-corrected chi connectivity index (χ4v) is 9.72. The maximum Gasteiger partial charge on any atom is 0.405 e. The lowest BCUT2D eigenvalue weighted by Gasteiger charge is -2.71. The Balaban J connectivity index is 1.54. The van der Waals surface area contributed by atoms with Crippen LogP contribution in [-0.2, 0) is 19.6 Å². The molecule has 6 aliphatic carbocycles. The molecule has 3 N–H and O–H groups in total. The van der Waals surface area contributed by atoms with Gasteiger partial charge in [-0.05, 0) is 77.0 Å². The number of rotatable bonds is 6. The first-order valence-electron chi connectivity index (χ1n) is 12.6. The van der Waals surface area contributed by atoms with E-state index in [1.165, 1.54) is 0 Å². The first-order valence-corrected chi connectivity index (χ1v) is 14.1. The van der Waals surface area contributed by atoms with Crippen molar-refractivity contribution in [3.8, 4) is 0 Å². The summed E-state index contributed by atoms with van der Waals surface area (Å²) < 4.78 is 64.9. The Hall–Kier alpha value is -0.840. The summed E-state index contributed by atoms with van der Waals surface area (Å²) in [5.74, 6) is -0.847. The Bertz CT molecular complexity index is 930. The molecule has 6 rings (SSSR count). The van der Waals surface area contributed by atoms with Crippen molar-refractivity contribution in [3.05, 3.63) is 0 Å². The van der Waals surface area contributed by atoms with Crippen molar-refractivity contribution < 1.29 is 41.5 Å². The number of ether oxygens (including phenoxy) is 1. The average molecular weight is 507 g/mol. The van der Waals surface area contributed by atoms with Crippen molar-refractivity contribution in [1.29, 1.82) is 0 Å². The van der Waals surface area contributed by atoms with Gasteiger partial charge in [0.15, 0.2) is 6.10 Å². The molecule has 194 valence electrons. The number of carbonyl (C=O) groups excluding carboxylic acids is 1. The summed E-state index contributed by atoms with van der Waals surface area (Å²) >= 11 is 0. The Morgan fingerprint density at radius 3 is 1.76 bits per heavy atom. The van der Waals surface area contributed by atoms with Crippen molar-refractivity contribution in [1.82, 2.24) is 0 Å². The normalized spacial score (nSPS) is 41.5. The molecule has 7 nitrogen and oxygen atoms in total. The first-order chi connectivity index (χ1) is 15.6. The second-order valence-electron chi connectivity index (χ2n) is 12.4. The quantitative estimate of drug-likeness (QED) is 0.368. The monoisotopic (exact) mass is 506 g/mol. The van der Waals surface area contributed by atoms with E-state index in [0.717, 1.165) is 45.4 Å². The second kappa shape index (κ2) is 7.35. The SMILES string of the molecule is CC(OC(=O)C12CC3CC(C4(O)CCCC4)(C1)CC(C1(O)CCCC1)(C3)C2)C(F)(F)S(=O)(=O)O. The van der Waals surface area contributed by atoms with Gasteiger partial charge in [0.1, 0.15) is 0 Å². The van der Waals surface area contributed by atoms with Crippen LogP contribution in [0.1, 0.15) is 96.8 Å². The van der Waals surface area contributed by atoms with Crippen LogP contribution in [0.5, 0.6) is 0 Å². The highest BCUT2D eigenvalue weighted by atomic mass is 32.2. The third kappa shape index (κ3) is 3.27. The molecule has 0 saturated heterocycles. The van der Waals surface area contributed by atoms with E-state index in [-0.39, 0.29) is 5.92 Å². The van der Waals surface area contributed by atoms with E-state index in [0.29, 0.717) is 51.4 Å². The van der Waals surface area contributed by atoms with Crippen molar-refractivity contribution in [2.24, 2.45) is 22.2 Å². The van der Waals surface area contributed by atoms with E-state index < -0.39 is 54.9 Å². The predicted molar refractivity (Wildman–Crippen MR) is 117 cm³/mol. The highest BCUT2D eigenvalue weighted by Crippen LogP contribution is 2.77. The lowest BCUT2D eigenvalue weighted by molar-refractivity contribution is -0.275. The zero-order chi connectivity index (χ0) is 24.8. The van der Waals surface area contributed by atoms with Gasteiger partial charge in [-0.3, -0.25) is 9.35 Å². The molecule has 10 heteroatoms. The third-order valence-electron chi connectivity index (χ3n) is 10.4. The summed E-state index contributed by atoms with van der Waals surface area (Å²) in [5.41, 5.74) is -4.31. The van der Waals surface area contributed by atoms with Gasteiger partial charge in [0.05, 0.1) is 16.6 Å². The topological polar surface area (TPSA) is 121 Å². The Kier molecular flexibility index (Phi) is 5.37. The van der Waals surface area contributed by atoms with Crippen molar-refractivity contribution in [2.75, 3.05) is 0 Å². The fourth-order valence-electron chi connectivity index (χ4n) is 9.25. The molecule has 0 aromatic carbocycles. The molecule has 0 aliphatic heterocycles. The van der Waals surface area contributed by atoms with Crippen LogP contribution in [-0.4, -0.2) is 51.7 Å². The Labute approximate surface area is 199 Å². The highest BCUT2D eigenvalue weighted by molar-refractivity contribution is 7.86. The minimum atomic E-state index is -5.76. The molecule has 3 atom stereocenters. The average Bonchev–Trinajstić information content (AvgIpc) is 3.37. The largest absolute Gasteiger partial charge is 0.454 e. The molecule has 0 heterocycles. The number of aliphatic hydroxyl groups is 2. The molecule has 0 aromatic heterocycles. The highest BCUT2D eigenvalue weighted by Gasteiger charge is 2.74. The van der Waals surface area contributed by atoms with E-state index in [9.17, 15) is 32.2 Å². The minimum absolute atomic E-state index is 0.0513. The molecule has 6 saturated carbocycles. The zero-order valence-electron chi connectivity index (χ0n) is 19.7. The first kappa shape index (κ1) is 24.8. The molecule has 34 heavy (non-hydrogen) atoms. The van der Waals surface area contributed by atoms with Crippen LogP contribution in [0, 0.1) is 22.2 Å². The van der Waals surface area contributed by atoms with Crippen LogP contribution >= 0.6 is 0 Å². The van der Waals surface area contributed by atoms with Crippen LogP contribution in [0.15, 0.2) is 0 Å². The molecule has 6 aliphatic rings. The van der Waals surface area contributed by atoms with Gasteiger partial charge >= 0.3 is 21.3 Å². The molecule has 0 spiro atoms. The van der Waals surface area contributed by atoms with Gasteiger partial charge in [-0.25, -0.2) is 0 Å². The molecule has 6 fully saturated rings. The van der Waals surface area contributed by atoms with Crippen LogP contribution in [0.4, 0.5) is 8.78 Å². The summed E-state index contributed by atoms with van der Waals surface area (Å²) in [6.07, 6.45) is 6.79. The predicted octanol–water partition coefficient (Wildman–Crippen LogP) is 3.97. The second-order valence-corrected chi connectivity index (χ2v) is 13.9. The molecular formula is C24H36F2O7S. The summed E-state index contributed by atoms with van der Waals surface area (Å²) in [6.45, 7) is 0.771. The third-order valence-corrected chi connectivity index (χ3v) is 11.5. The number of halogens is 2. The van der Waals surface area contributed by atoms with Crippen LogP contribution in [0.2, 0.25) is 0 Å². The van der Waals surface area contributed by atoms with E-state index in [1.54, 1.807) is 0 Å². The number of hydrogen-bond donors (Lipinski definition) is 3. The fraction of sp³-hybridized carbons (Fsp3) is 0.958. The zero-order valence-corrected chi connectivity index (χ0v) is 20.5. The summed E-state index contributed by atoms with van der Waals surface area (Å²) in [6, 6.07) is 0. The Morgan fingerprint density at radius 2 is 1.35 bits per heavy atom. The van der Waals surface area contributed by atoms with Gasteiger partial charge < -0.3 is 14.9 Å². The molecule has 0 aromatic rings. The van der Waals surface area contributed by atoms with Gasteiger partial charge in [0, 0.05) is 10.8 Å². The van der Waals surface area contributed by atoms with E-state index in [2.05, 4.69) is 0 Å². The van der Waals surface area contributed by atoms with Gasteiger partial charge in [-0.1, -0.05) is 25.7 Å². The molecule has 0 amide bonds. The van der Waals surface area contributed by atoms with Crippen LogP contribution in [0.3, 0.4) is 0 Å².